The van der Waals surface area contributed by atoms with Gasteiger partial charge in [0.2, 0.25) is 0 Å². The highest BCUT2D eigenvalue weighted by atomic mass is 32.1. The maximum atomic E-state index is 12.8. The Balaban J connectivity index is 1.99. The molecule has 2 aromatic rings. The van der Waals surface area contributed by atoms with E-state index in [1.807, 2.05) is 17.5 Å². The van der Waals surface area contributed by atoms with Gasteiger partial charge in [-0.2, -0.15) is 0 Å². The van der Waals surface area contributed by atoms with Gasteiger partial charge < -0.3 is 10.5 Å². The van der Waals surface area contributed by atoms with Gasteiger partial charge in [-0.25, -0.2) is 4.39 Å². The van der Waals surface area contributed by atoms with Crippen molar-refractivity contribution in [2.45, 2.75) is 12.7 Å². The molecule has 1 aromatic carbocycles. The van der Waals surface area contributed by atoms with Gasteiger partial charge in [-0.3, -0.25) is 0 Å². The van der Waals surface area contributed by atoms with Gasteiger partial charge in [0.1, 0.15) is 5.82 Å². The third-order valence-electron chi connectivity index (χ3n) is 2.46. The molecule has 17 heavy (non-hydrogen) atoms. The molecule has 2 nitrogen and oxygen atoms in total. The van der Waals surface area contributed by atoms with E-state index in [4.69, 9.17) is 10.5 Å². The first kappa shape index (κ1) is 12.2. The number of halogens is 1. The number of benzene rings is 1. The number of hydrogen-bond donors (Lipinski definition) is 1. The monoisotopic (exact) mass is 251 g/mol. The maximum absolute atomic E-state index is 12.8. The predicted molar refractivity (Wildman–Crippen MR) is 67.3 cm³/mol. The SMILES string of the molecule is NCC(OCc1cccs1)c1ccc(F)cc1. The summed E-state index contributed by atoms with van der Waals surface area (Å²) in [5.74, 6) is -0.247. The third-order valence-corrected chi connectivity index (χ3v) is 3.31. The molecular formula is C13H14FNOS. The summed E-state index contributed by atoms with van der Waals surface area (Å²) >= 11 is 1.65. The number of thiophene rings is 1. The lowest BCUT2D eigenvalue weighted by molar-refractivity contribution is 0.0472. The van der Waals surface area contributed by atoms with Crippen LogP contribution in [0.25, 0.3) is 0 Å². The summed E-state index contributed by atoms with van der Waals surface area (Å²) < 4.78 is 18.5. The Hall–Kier alpha value is -1.23. The molecule has 1 heterocycles. The van der Waals surface area contributed by atoms with Crippen LogP contribution in [0.1, 0.15) is 16.5 Å². The number of nitrogens with two attached hydrogens (primary N) is 1. The van der Waals surface area contributed by atoms with Gasteiger partial charge in [0.25, 0.3) is 0 Å². The van der Waals surface area contributed by atoms with Crippen LogP contribution in [0, 0.1) is 5.82 Å². The Kier molecular flexibility index (Phi) is 4.25. The second kappa shape index (κ2) is 5.91. The van der Waals surface area contributed by atoms with Crippen molar-refractivity contribution in [1.82, 2.24) is 0 Å². The molecule has 0 spiro atoms. The lowest BCUT2D eigenvalue weighted by atomic mass is 10.1. The summed E-state index contributed by atoms with van der Waals surface area (Å²) in [4.78, 5) is 1.16. The van der Waals surface area contributed by atoms with Crippen LogP contribution in [0.5, 0.6) is 0 Å². The molecule has 0 radical (unpaired) electrons. The van der Waals surface area contributed by atoms with Crippen molar-refractivity contribution in [2.75, 3.05) is 6.54 Å². The summed E-state index contributed by atoms with van der Waals surface area (Å²) in [6.07, 6.45) is -0.183. The van der Waals surface area contributed by atoms with Crippen molar-refractivity contribution in [1.29, 1.82) is 0 Å². The van der Waals surface area contributed by atoms with Crippen LogP contribution in [0.15, 0.2) is 41.8 Å². The molecule has 1 unspecified atom stereocenters. The van der Waals surface area contributed by atoms with E-state index in [0.717, 1.165) is 10.4 Å². The zero-order valence-electron chi connectivity index (χ0n) is 9.30. The molecule has 4 heteroatoms. The van der Waals surface area contributed by atoms with E-state index in [-0.39, 0.29) is 11.9 Å². The molecule has 1 atom stereocenters. The molecular weight excluding hydrogens is 237 g/mol. The fourth-order valence-electron chi connectivity index (χ4n) is 1.56. The molecule has 0 amide bonds. The number of ether oxygens (including phenoxy) is 1. The first-order chi connectivity index (χ1) is 8.29. The van der Waals surface area contributed by atoms with Gasteiger partial charge >= 0.3 is 0 Å². The van der Waals surface area contributed by atoms with Gasteiger partial charge in [0.05, 0.1) is 12.7 Å². The highest BCUT2D eigenvalue weighted by Crippen LogP contribution is 2.20. The first-order valence-electron chi connectivity index (χ1n) is 5.39. The van der Waals surface area contributed by atoms with Crippen molar-refractivity contribution in [2.24, 2.45) is 5.73 Å². The van der Waals surface area contributed by atoms with Crippen molar-refractivity contribution in [3.63, 3.8) is 0 Å². The second-order valence-electron chi connectivity index (χ2n) is 3.67. The molecule has 2 N–H and O–H groups in total. The van der Waals surface area contributed by atoms with Gasteiger partial charge in [0, 0.05) is 11.4 Å². The highest BCUT2D eigenvalue weighted by Gasteiger charge is 2.10. The lowest BCUT2D eigenvalue weighted by Gasteiger charge is -2.15. The van der Waals surface area contributed by atoms with Gasteiger partial charge in [-0.15, -0.1) is 11.3 Å². The zero-order chi connectivity index (χ0) is 12.1. The van der Waals surface area contributed by atoms with Crippen molar-refractivity contribution < 1.29 is 9.13 Å². The predicted octanol–water partition coefficient (Wildman–Crippen LogP) is 3.10. The Morgan fingerprint density at radius 2 is 2.00 bits per heavy atom. The Bertz CT molecular complexity index is 441. The molecule has 2 rings (SSSR count). The topological polar surface area (TPSA) is 35.2 Å². The standard InChI is InChI=1S/C13H14FNOS/c14-11-5-3-10(4-6-11)13(8-15)16-9-12-2-1-7-17-12/h1-7,13H,8-9,15H2. The smallest absolute Gasteiger partial charge is 0.123 e. The number of hydrogen-bond acceptors (Lipinski definition) is 3. The van der Waals surface area contributed by atoms with Crippen LogP contribution in [0.4, 0.5) is 4.39 Å². The summed E-state index contributed by atoms with van der Waals surface area (Å²) in [6.45, 7) is 0.925. The molecule has 0 fully saturated rings. The maximum Gasteiger partial charge on any atom is 0.123 e. The minimum absolute atomic E-state index is 0.183. The van der Waals surface area contributed by atoms with Gasteiger partial charge in [0.15, 0.2) is 0 Å². The van der Waals surface area contributed by atoms with E-state index < -0.39 is 0 Å². The minimum atomic E-state index is -0.247. The van der Waals surface area contributed by atoms with E-state index in [1.165, 1.54) is 12.1 Å². The quantitative estimate of drug-likeness (QED) is 0.886. The molecule has 0 saturated heterocycles. The number of rotatable bonds is 5. The average molecular weight is 251 g/mol. The molecule has 0 saturated carbocycles. The van der Waals surface area contributed by atoms with E-state index in [0.29, 0.717) is 13.2 Å². The first-order valence-corrected chi connectivity index (χ1v) is 6.27. The van der Waals surface area contributed by atoms with Crippen LogP contribution < -0.4 is 5.73 Å². The fourth-order valence-corrected chi connectivity index (χ4v) is 2.18. The van der Waals surface area contributed by atoms with Crippen LogP contribution in [0.3, 0.4) is 0 Å². The van der Waals surface area contributed by atoms with Crippen LogP contribution in [-0.4, -0.2) is 6.54 Å². The summed E-state index contributed by atoms with van der Waals surface area (Å²) in [7, 11) is 0. The Morgan fingerprint density at radius 1 is 1.24 bits per heavy atom. The molecule has 0 aliphatic carbocycles. The molecule has 0 aliphatic heterocycles. The molecule has 90 valence electrons. The minimum Gasteiger partial charge on any atom is -0.367 e. The van der Waals surface area contributed by atoms with E-state index in [9.17, 15) is 4.39 Å². The van der Waals surface area contributed by atoms with Crippen LogP contribution in [-0.2, 0) is 11.3 Å². The van der Waals surface area contributed by atoms with E-state index in [2.05, 4.69) is 0 Å². The molecule has 1 aromatic heterocycles. The highest BCUT2D eigenvalue weighted by molar-refractivity contribution is 7.09. The lowest BCUT2D eigenvalue weighted by Crippen LogP contribution is -2.15. The van der Waals surface area contributed by atoms with Crippen molar-refractivity contribution in [3.8, 4) is 0 Å². The molecule has 0 aliphatic rings. The normalized spacial score (nSPS) is 12.6. The molecule has 0 bridgehead atoms. The summed E-state index contributed by atoms with van der Waals surface area (Å²) in [5.41, 5.74) is 6.57. The zero-order valence-corrected chi connectivity index (χ0v) is 10.1. The second-order valence-corrected chi connectivity index (χ2v) is 4.70. The van der Waals surface area contributed by atoms with Crippen molar-refractivity contribution in [3.05, 3.63) is 58.0 Å². The van der Waals surface area contributed by atoms with Gasteiger partial charge in [-0.05, 0) is 29.1 Å². The Labute approximate surface area is 104 Å². The van der Waals surface area contributed by atoms with Crippen LogP contribution >= 0.6 is 11.3 Å². The average Bonchev–Trinajstić information content (AvgIpc) is 2.85. The van der Waals surface area contributed by atoms with Gasteiger partial charge in [-0.1, -0.05) is 18.2 Å². The Morgan fingerprint density at radius 3 is 2.59 bits per heavy atom. The van der Waals surface area contributed by atoms with E-state index >= 15 is 0 Å². The summed E-state index contributed by atoms with van der Waals surface area (Å²) in [5, 5.41) is 2.01. The van der Waals surface area contributed by atoms with Crippen LogP contribution in [0.2, 0.25) is 0 Å². The summed E-state index contributed by atoms with van der Waals surface area (Å²) in [6, 6.07) is 10.3. The largest absolute Gasteiger partial charge is 0.367 e. The van der Waals surface area contributed by atoms with E-state index in [1.54, 1.807) is 23.5 Å². The van der Waals surface area contributed by atoms with Crippen molar-refractivity contribution >= 4 is 11.3 Å². The third kappa shape index (κ3) is 3.36. The fraction of sp³-hybridized carbons (Fsp3) is 0.231.